The van der Waals surface area contributed by atoms with Gasteiger partial charge in [0.15, 0.2) is 4.27 Å². The van der Waals surface area contributed by atoms with Gasteiger partial charge in [0.05, 0.1) is 18.6 Å². The van der Waals surface area contributed by atoms with E-state index in [4.69, 9.17) is 15.3 Å². The Labute approximate surface area is 86.8 Å². The Morgan fingerprint density at radius 3 is 1.50 bits per heavy atom. The maximum absolute atomic E-state index is 9.30. The second-order valence-electron chi connectivity index (χ2n) is 2.48. The van der Waals surface area contributed by atoms with Crippen LogP contribution in [0.15, 0.2) is 0 Å². The van der Waals surface area contributed by atoms with Crippen molar-refractivity contribution in [1.29, 1.82) is 0 Å². The van der Waals surface area contributed by atoms with Gasteiger partial charge >= 0.3 is 0 Å². The molecule has 0 bridgehead atoms. The quantitative estimate of drug-likeness (QED) is 0.243. The van der Waals surface area contributed by atoms with Crippen LogP contribution in [0.2, 0.25) is 0 Å². The van der Waals surface area contributed by atoms with Crippen LogP contribution in [0, 0.1) is 5.41 Å². The summed E-state index contributed by atoms with van der Waals surface area (Å²) in [6.45, 7) is -1.37. The first-order chi connectivity index (χ1) is 5.31. The molecular formula is C5H12O4S3. The smallest absolute Gasteiger partial charge is 0.165 e. The Bertz CT molecular complexity index is 140. The highest BCUT2D eigenvalue weighted by molar-refractivity contribution is 8.00. The molecule has 0 aromatic heterocycles. The van der Waals surface area contributed by atoms with E-state index in [-0.39, 0.29) is 0 Å². The van der Waals surface area contributed by atoms with Crippen LogP contribution in [-0.2, 0) is 0 Å². The molecule has 4 N–H and O–H groups in total. The van der Waals surface area contributed by atoms with Crippen molar-refractivity contribution in [3.63, 3.8) is 0 Å². The molecule has 0 aliphatic carbocycles. The number of rotatable bonds is 4. The van der Waals surface area contributed by atoms with E-state index in [9.17, 15) is 5.11 Å². The fraction of sp³-hybridized carbons (Fsp3) is 1.00. The molecule has 0 heterocycles. The Kier molecular flexibility index (Phi) is 4.73. The van der Waals surface area contributed by atoms with Crippen molar-refractivity contribution in [3.8, 4) is 0 Å². The SMILES string of the molecule is OCC(CO)(C(O)S)C(O)(S)S. The molecule has 0 radical (unpaired) electrons. The second kappa shape index (κ2) is 4.41. The highest BCUT2D eigenvalue weighted by Crippen LogP contribution is 2.41. The van der Waals surface area contributed by atoms with Gasteiger partial charge in [0, 0.05) is 0 Å². The van der Waals surface area contributed by atoms with E-state index >= 15 is 0 Å². The van der Waals surface area contributed by atoms with Gasteiger partial charge in [0.1, 0.15) is 5.44 Å². The van der Waals surface area contributed by atoms with Gasteiger partial charge in [-0.25, -0.2) is 0 Å². The fourth-order valence-electron chi connectivity index (χ4n) is 0.599. The van der Waals surface area contributed by atoms with Crippen LogP contribution in [0.4, 0.5) is 0 Å². The van der Waals surface area contributed by atoms with Crippen molar-refractivity contribution >= 4 is 37.9 Å². The Balaban J connectivity index is 4.83. The zero-order valence-electron chi connectivity index (χ0n) is 6.12. The van der Waals surface area contributed by atoms with Crippen molar-refractivity contribution in [2.45, 2.75) is 9.70 Å². The van der Waals surface area contributed by atoms with Gasteiger partial charge in [0.2, 0.25) is 0 Å². The first kappa shape index (κ1) is 12.9. The summed E-state index contributed by atoms with van der Waals surface area (Å²) < 4.78 is -2.00. The molecule has 0 amide bonds. The molecule has 12 heavy (non-hydrogen) atoms. The summed E-state index contributed by atoms with van der Waals surface area (Å²) in [5.41, 5.74) is -3.09. The lowest BCUT2D eigenvalue weighted by Crippen LogP contribution is -2.52. The zero-order valence-corrected chi connectivity index (χ0v) is 8.81. The lowest BCUT2D eigenvalue weighted by atomic mass is 9.91. The van der Waals surface area contributed by atoms with Crippen LogP contribution in [-0.4, -0.2) is 43.3 Å². The van der Waals surface area contributed by atoms with Crippen LogP contribution < -0.4 is 0 Å². The van der Waals surface area contributed by atoms with Gasteiger partial charge in [-0.1, -0.05) is 0 Å². The first-order valence-corrected chi connectivity index (χ1v) is 4.48. The average molecular weight is 232 g/mol. The predicted molar refractivity (Wildman–Crippen MR) is 54.5 cm³/mol. The van der Waals surface area contributed by atoms with E-state index < -0.39 is 28.3 Å². The van der Waals surface area contributed by atoms with Crippen LogP contribution in [0.3, 0.4) is 0 Å². The van der Waals surface area contributed by atoms with E-state index in [2.05, 4.69) is 37.9 Å². The molecule has 0 saturated heterocycles. The Hall–Kier alpha value is 0.890. The summed E-state index contributed by atoms with van der Waals surface area (Å²) in [5, 5.41) is 36.1. The van der Waals surface area contributed by atoms with E-state index in [1.165, 1.54) is 0 Å². The molecule has 1 unspecified atom stereocenters. The molecule has 0 aromatic rings. The lowest BCUT2D eigenvalue weighted by molar-refractivity contribution is -0.0726. The summed E-state index contributed by atoms with van der Waals surface area (Å²) in [4.78, 5) is 0. The molecule has 0 saturated carbocycles. The number of hydrogen-bond acceptors (Lipinski definition) is 7. The molecule has 0 aliphatic heterocycles. The van der Waals surface area contributed by atoms with Crippen molar-refractivity contribution in [1.82, 2.24) is 0 Å². The third-order valence-corrected chi connectivity index (χ3v) is 3.11. The molecule has 0 spiro atoms. The van der Waals surface area contributed by atoms with Gasteiger partial charge in [-0.3, -0.25) is 0 Å². The minimum absolute atomic E-state index is 0.683. The van der Waals surface area contributed by atoms with Gasteiger partial charge in [-0.2, -0.15) is 0 Å². The van der Waals surface area contributed by atoms with Crippen molar-refractivity contribution < 1.29 is 20.4 Å². The normalized spacial score (nSPS) is 16.2. The minimum Gasteiger partial charge on any atom is -0.395 e. The second-order valence-corrected chi connectivity index (χ2v) is 4.62. The van der Waals surface area contributed by atoms with Crippen LogP contribution in [0.5, 0.6) is 0 Å². The molecule has 4 nitrogen and oxygen atoms in total. The average Bonchev–Trinajstić information content (AvgIpc) is 1.87. The molecule has 0 aliphatic rings. The molecule has 74 valence electrons. The topological polar surface area (TPSA) is 80.9 Å². The standard InChI is InChI=1S/C5H12O4S3/c6-1-4(2-7,3(8)10)5(9,11)12/h3,6-12H,1-2H2. The summed E-state index contributed by atoms with van der Waals surface area (Å²) >= 11 is 10.9. The highest BCUT2D eigenvalue weighted by atomic mass is 32.2. The lowest BCUT2D eigenvalue weighted by Gasteiger charge is -2.40. The minimum atomic E-state index is -2.00. The van der Waals surface area contributed by atoms with Crippen molar-refractivity contribution in [2.75, 3.05) is 13.2 Å². The predicted octanol–water partition coefficient (Wildman–Crippen LogP) is -1.29. The van der Waals surface area contributed by atoms with E-state index in [0.717, 1.165) is 0 Å². The number of thiol groups is 3. The van der Waals surface area contributed by atoms with Crippen LogP contribution in [0.25, 0.3) is 0 Å². The monoisotopic (exact) mass is 232 g/mol. The van der Waals surface area contributed by atoms with Crippen LogP contribution in [0.1, 0.15) is 0 Å². The third-order valence-electron chi connectivity index (χ3n) is 1.73. The highest BCUT2D eigenvalue weighted by Gasteiger charge is 2.49. The van der Waals surface area contributed by atoms with E-state index in [1.807, 2.05) is 0 Å². The Morgan fingerprint density at radius 1 is 1.17 bits per heavy atom. The zero-order chi connectivity index (χ0) is 9.99. The first-order valence-electron chi connectivity index (χ1n) is 3.07. The summed E-state index contributed by atoms with van der Waals surface area (Å²) in [7, 11) is 0. The number of hydrogen-bond donors (Lipinski definition) is 7. The van der Waals surface area contributed by atoms with E-state index in [1.54, 1.807) is 0 Å². The van der Waals surface area contributed by atoms with Crippen LogP contribution >= 0.6 is 37.9 Å². The van der Waals surface area contributed by atoms with E-state index in [0.29, 0.717) is 0 Å². The molecule has 0 aromatic carbocycles. The van der Waals surface area contributed by atoms with Crippen molar-refractivity contribution in [2.24, 2.45) is 5.41 Å². The van der Waals surface area contributed by atoms with Gasteiger partial charge in [0.25, 0.3) is 0 Å². The number of aliphatic hydroxyl groups excluding tert-OH is 3. The summed E-state index contributed by atoms with van der Waals surface area (Å²) in [5.74, 6) is 0. The summed E-state index contributed by atoms with van der Waals surface area (Å²) in [6.07, 6.45) is 0. The Morgan fingerprint density at radius 2 is 1.50 bits per heavy atom. The third kappa shape index (κ3) is 2.22. The molecule has 0 rings (SSSR count). The van der Waals surface area contributed by atoms with Crippen molar-refractivity contribution in [3.05, 3.63) is 0 Å². The largest absolute Gasteiger partial charge is 0.395 e. The maximum atomic E-state index is 9.30. The molecule has 7 heteroatoms. The molecule has 1 atom stereocenters. The summed E-state index contributed by atoms with van der Waals surface area (Å²) in [6, 6.07) is 0. The van der Waals surface area contributed by atoms with Gasteiger partial charge in [-0.05, 0) is 0 Å². The number of aliphatic hydroxyl groups is 4. The molecular weight excluding hydrogens is 220 g/mol. The molecule has 0 fully saturated rings. The van der Waals surface area contributed by atoms with Gasteiger partial charge in [-0.15, -0.1) is 37.9 Å². The maximum Gasteiger partial charge on any atom is 0.165 e. The van der Waals surface area contributed by atoms with Gasteiger partial charge < -0.3 is 20.4 Å². The fourth-order valence-corrected chi connectivity index (χ4v) is 1.68.